The molecule has 0 saturated carbocycles. The maximum absolute atomic E-state index is 12.2. The third kappa shape index (κ3) is 4.56. The highest BCUT2D eigenvalue weighted by molar-refractivity contribution is 6.03. The molecule has 0 saturated heterocycles. The average molecular weight is 284 g/mol. The van der Waals surface area contributed by atoms with Crippen LogP contribution in [0, 0.1) is 6.92 Å². The van der Waals surface area contributed by atoms with Crippen molar-refractivity contribution in [3.8, 4) is 0 Å². The Balaban J connectivity index is 2.03. The normalized spacial score (nSPS) is 10.2. The molecule has 0 aliphatic carbocycles. The fourth-order valence-corrected chi connectivity index (χ4v) is 1.89. The summed E-state index contributed by atoms with van der Waals surface area (Å²) in [6.07, 6.45) is 3.58. The molecular weight excluding hydrogens is 264 g/mol. The van der Waals surface area contributed by atoms with Gasteiger partial charge in [-0.15, -0.1) is 0 Å². The number of anilines is 2. The van der Waals surface area contributed by atoms with E-state index in [9.17, 15) is 4.79 Å². The third-order valence-electron chi connectivity index (χ3n) is 3.01. The van der Waals surface area contributed by atoms with Gasteiger partial charge in [-0.3, -0.25) is 4.79 Å². The van der Waals surface area contributed by atoms with Crippen LogP contribution in [0.3, 0.4) is 0 Å². The van der Waals surface area contributed by atoms with E-state index in [1.54, 1.807) is 6.07 Å². The number of benzene rings is 1. The van der Waals surface area contributed by atoms with Crippen molar-refractivity contribution in [1.29, 1.82) is 0 Å². The van der Waals surface area contributed by atoms with Crippen LogP contribution in [0.5, 0.6) is 0 Å². The van der Waals surface area contributed by atoms with Crippen LogP contribution in [0.1, 0.15) is 35.8 Å². The summed E-state index contributed by atoms with van der Waals surface area (Å²) in [7, 11) is 0. The number of nitrogens with one attached hydrogen (secondary N) is 2. The van der Waals surface area contributed by atoms with E-state index in [4.69, 9.17) is 0 Å². The summed E-state index contributed by atoms with van der Waals surface area (Å²) in [6, 6.07) is 9.32. The molecule has 0 unspecified atom stereocenters. The topological polar surface area (TPSA) is 66.9 Å². The average Bonchev–Trinajstić information content (AvgIpc) is 2.48. The molecule has 1 amide bonds. The van der Waals surface area contributed by atoms with Gasteiger partial charge in [-0.25, -0.2) is 9.97 Å². The Hall–Kier alpha value is -2.43. The van der Waals surface area contributed by atoms with Crippen LogP contribution in [0.4, 0.5) is 11.5 Å². The van der Waals surface area contributed by atoms with E-state index >= 15 is 0 Å². The molecule has 2 aromatic rings. The van der Waals surface area contributed by atoms with Gasteiger partial charge in [-0.05, 0) is 31.0 Å². The molecule has 2 N–H and O–H groups in total. The van der Waals surface area contributed by atoms with E-state index in [-0.39, 0.29) is 5.91 Å². The zero-order valence-corrected chi connectivity index (χ0v) is 12.4. The number of amides is 1. The minimum atomic E-state index is -0.235. The molecule has 0 aliphatic heterocycles. The second-order valence-corrected chi connectivity index (χ2v) is 4.89. The molecule has 0 spiro atoms. The SMILES string of the molecule is CCCCNc1cc(C(=O)Nc2cccc(C)c2)ncn1. The fourth-order valence-electron chi connectivity index (χ4n) is 1.89. The lowest BCUT2D eigenvalue weighted by molar-refractivity contribution is 0.102. The summed E-state index contributed by atoms with van der Waals surface area (Å²) >= 11 is 0. The molecule has 1 aromatic heterocycles. The molecule has 2 rings (SSSR count). The first-order valence-corrected chi connectivity index (χ1v) is 7.13. The van der Waals surface area contributed by atoms with Crippen LogP contribution in [0.2, 0.25) is 0 Å². The number of aryl methyl sites for hydroxylation is 1. The Kier molecular flexibility index (Phi) is 5.26. The van der Waals surface area contributed by atoms with Crippen molar-refractivity contribution in [3.63, 3.8) is 0 Å². The summed E-state index contributed by atoms with van der Waals surface area (Å²) in [5, 5.41) is 6.02. The van der Waals surface area contributed by atoms with Gasteiger partial charge in [0.15, 0.2) is 0 Å². The van der Waals surface area contributed by atoms with Gasteiger partial charge in [-0.1, -0.05) is 25.5 Å². The number of carbonyl (C=O) groups is 1. The predicted octanol–water partition coefficient (Wildman–Crippen LogP) is 3.25. The smallest absolute Gasteiger partial charge is 0.274 e. The summed E-state index contributed by atoms with van der Waals surface area (Å²) < 4.78 is 0. The van der Waals surface area contributed by atoms with Crippen molar-refractivity contribution in [1.82, 2.24) is 9.97 Å². The summed E-state index contributed by atoms with van der Waals surface area (Å²) in [5.74, 6) is 0.439. The van der Waals surface area contributed by atoms with Crippen LogP contribution in [-0.2, 0) is 0 Å². The Labute approximate surface area is 124 Å². The Morgan fingerprint density at radius 2 is 2.10 bits per heavy atom. The number of carbonyl (C=O) groups excluding carboxylic acids is 1. The van der Waals surface area contributed by atoms with Gasteiger partial charge in [0.05, 0.1) is 0 Å². The second-order valence-electron chi connectivity index (χ2n) is 4.89. The first-order chi connectivity index (χ1) is 10.2. The molecule has 0 fully saturated rings. The highest BCUT2D eigenvalue weighted by Crippen LogP contribution is 2.12. The lowest BCUT2D eigenvalue weighted by Crippen LogP contribution is -2.15. The van der Waals surface area contributed by atoms with E-state index in [0.29, 0.717) is 11.5 Å². The number of aromatic nitrogens is 2. The molecule has 1 heterocycles. The highest BCUT2D eigenvalue weighted by Gasteiger charge is 2.09. The van der Waals surface area contributed by atoms with Gasteiger partial charge < -0.3 is 10.6 Å². The molecule has 0 atom stereocenters. The number of hydrogen-bond acceptors (Lipinski definition) is 4. The Morgan fingerprint density at radius 3 is 2.86 bits per heavy atom. The zero-order valence-electron chi connectivity index (χ0n) is 12.4. The van der Waals surface area contributed by atoms with Crippen molar-refractivity contribution >= 4 is 17.4 Å². The largest absolute Gasteiger partial charge is 0.370 e. The highest BCUT2D eigenvalue weighted by atomic mass is 16.1. The van der Waals surface area contributed by atoms with Gasteiger partial charge in [0.25, 0.3) is 5.91 Å². The standard InChI is InChI=1S/C16H20N4O/c1-3-4-8-17-15-10-14(18-11-19-15)16(21)20-13-7-5-6-12(2)9-13/h5-7,9-11H,3-4,8H2,1-2H3,(H,20,21)(H,17,18,19). The predicted molar refractivity (Wildman–Crippen MR) is 84.6 cm³/mol. The molecule has 0 aliphatic rings. The number of nitrogens with zero attached hydrogens (tertiary/aromatic N) is 2. The second kappa shape index (κ2) is 7.38. The Bertz CT molecular complexity index is 613. The van der Waals surface area contributed by atoms with E-state index in [2.05, 4.69) is 27.5 Å². The van der Waals surface area contributed by atoms with Gasteiger partial charge >= 0.3 is 0 Å². The van der Waals surface area contributed by atoms with Crippen molar-refractivity contribution in [2.24, 2.45) is 0 Å². The van der Waals surface area contributed by atoms with E-state index in [1.165, 1.54) is 6.33 Å². The van der Waals surface area contributed by atoms with Crippen molar-refractivity contribution in [2.75, 3.05) is 17.2 Å². The minimum absolute atomic E-state index is 0.235. The molecule has 0 bridgehead atoms. The first kappa shape index (κ1) is 15.0. The maximum Gasteiger partial charge on any atom is 0.274 e. The van der Waals surface area contributed by atoms with E-state index in [1.807, 2.05) is 31.2 Å². The van der Waals surface area contributed by atoms with E-state index < -0.39 is 0 Å². The van der Waals surface area contributed by atoms with Gasteiger partial charge in [0.2, 0.25) is 0 Å². The van der Waals surface area contributed by atoms with E-state index in [0.717, 1.165) is 30.6 Å². The van der Waals surface area contributed by atoms with Gasteiger partial charge in [0, 0.05) is 18.3 Å². The molecular formula is C16H20N4O. The van der Waals surface area contributed by atoms with Crippen LogP contribution in [0.25, 0.3) is 0 Å². The minimum Gasteiger partial charge on any atom is -0.370 e. The van der Waals surface area contributed by atoms with Gasteiger partial charge in [0.1, 0.15) is 17.8 Å². The zero-order chi connectivity index (χ0) is 15.1. The van der Waals surface area contributed by atoms with Crippen LogP contribution >= 0.6 is 0 Å². The molecule has 5 nitrogen and oxygen atoms in total. The lowest BCUT2D eigenvalue weighted by atomic mass is 10.2. The number of hydrogen-bond donors (Lipinski definition) is 2. The lowest BCUT2D eigenvalue weighted by Gasteiger charge is -2.07. The molecule has 0 radical (unpaired) electrons. The van der Waals surface area contributed by atoms with Gasteiger partial charge in [-0.2, -0.15) is 0 Å². The summed E-state index contributed by atoms with van der Waals surface area (Å²) in [6.45, 7) is 4.95. The Morgan fingerprint density at radius 1 is 1.24 bits per heavy atom. The van der Waals surface area contributed by atoms with Crippen LogP contribution in [0.15, 0.2) is 36.7 Å². The first-order valence-electron chi connectivity index (χ1n) is 7.13. The summed E-state index contributed by atoms with van der Waals surface area (Å²) in [4.78, 5) is 20.3. The maximum atomic E-state index is 12.2. The fraction of sp³-hybridized carbons (Fsp3) is 0.312. The number of unbranched alkanes of at least 4 members (excludes halogenated alkanes) is 1. The summed E-state index contributed by atoms with van der Waals surface area (Å²) in [5.41, 5.74) is 2.21. The molecule has 21 heavy (non-hydrogen) atoms. The van der Waals surface area contributed by atoms with Crippen molar-refractivity contribution in [3.05, 3.63) is 47.9 Å². The number of rotatable bonds is 6. The monoisotopic (exact) mass is 284 g/mol. The van der Waals surface area contributed by atoms with Crippen LogP contribution < -0.4 is 10.6 Å². The quantitative estimate of drug-likeness (QED) is 0.799. The molecule has 1 aromatic carbocycles. The third-order valence-corrected chi connectivity index (χ3v) is 3.01. The molecule has 5 heteroatoms. The molecule has 110 valence electrons. The van der Waals surface area contributed by atoms with Crippen LogP contribution in [-0.4, -0.2) is 22.4 Å². The van der Waals surface area contributed by atoms with Crippen molar-refractivity contribution < 1.29 is 4.79 Å². The van der Waals surface area contributed by atoms with Crippen molar-refractivity contribution in [2.45, 2.75) is 26.7 Å².